The summed E-state index contributed by atoms with van der Waals surface area (Å²) in [5, 5.41) is 22.2. The van der Waals surface area contributed by atoms with Crippen LogP contribution >= 0.6 is 0 Å². The number of hydrogen-bond acceptors (Lipinski definition) is 7. The van der Waals surface area contributed by atoms with Crippen molar-refractivity contribution in [3.63, 3.8) is 0 Å². The van der Waals surface area contributed by atoms with E-state index in [-0.39, 0.29) is 17.9 Å². The number of rotatable bonds is 6. The Morgan fingerprint density at radius 1 is 1.14 bits per heavy atom. The van der Waals surface area contributed by atoms with E-state index in [0.717, 1.165) is 90.1 Å². The minimum atomic E-state index is -0.833. The van der Waals surface area contributed by atoms with Gasteiger partial charge in [0.25, 0.3) is 11.9 Å². The maximum Gasteiger partial charge on any atom is 0.300 e. The first-order valence-corrected chi connectivity index (χ1v) is 12.3. The molecule has 0 aromatic carbocycles. The smallest absolute Gasteiger partial charge is 0.300 e. The average Bonchev–Trinajstić information content (AvgIpc) is 3.12. The first-order chi connectivity index (χ1) is 16.5. The Hall–Kier alpha value is -2.50. The van der Waals surface area contributed by atoms with Crippen molar-refractivity contribution < 1.29 is 29.3 Å². The third-order valence-electron chi connectivity index (χ3n) is 5.84. The van der Waals surface area contributed by atoms with Gasteiger partial charge >= 0.3 is 0 Å². The Morgan fingerprint density at radius 2 is 1.74 bits per heavy atom. The molecule has 2 saturated heterocycles. The highest BCUT2D eigenvalue weighted by Crippen LogP contribution is 2.24. The zero-order chi connectivity index (χ0) is 26.4. The Balaban J connectivity index is 0.000000668. The van der Waals surface area contributed by atoms with Crippen LogP contribution < -0.4 is 5.73 Å². The highest BCUT2D eigenvalue weighted by molar-refractivity contribution is 5.78. The fourth-order valence-corrected chi connectivity index (χ4v) is 4.33. The Labute approximate surface area is 208 Å². The van der Waals surface area contributed by atoms with E-state index in [4.69, 9.17) is 30.3 Å². The SMILES string of the molecule is CC(=O)O.CC(=O)O.CCCc1cc(CN(C)C(=O)[C@@H]2CC[C@H](N)CN(C3CCOCC3)C2)[nH]n1. The molecule has 3 heterocycles. The number of aryl methyl sites for hydroxylation is 1. The van der Waals surface area contributed by atoms with Crippen LogP contribution in [0.25, 0.3) is 0 Å². The van der Waals surface area contributed by atoms with Crippen molar-refractivity contribution in [2.45, 2.75) is 77.9 Å². The van der Waals surface area contributed by atoms with Gasteiger partial charge in [0.1, 0.15) is 0 Å². The molecule has 2 aliphatic rings. The van der Waals surface area contributed by atoms with E-state index in [2.05, 4.69) is 28.1 Å². The lowest BCUT2D eigenvalue weighted by molar-refractivity contribution is -0.136. The quantitative estimate of drug-likeness (QED) is 0.458. The van der Waals surface area contributed by atoms with Crippen LogP contribution in [0.1, 0.15) is 64.3 Å². The Bertz CT molecular complexity index is 760. The van der Waals surface area contributed by atoms with Gasteiger partial charge in [-0.1, -0.05) is 13.3 Å². The number of nitrogens with one attached hydrogen (secondary N) is 1. The summed E-state index contributed by atoms with van der Waals surface area (Å²) in [7, 11) is 1.90. The van der Waals surface area contributed by atoms with Crippen LogP contribution in [0.5, 0.6) is 0 Å². The number of aromatic nitrogens is 2. The lowest BCUT2D eigenvalue weighted by Gasteiger charge is -2.36. The van der Waals surface area contributed by atoms with E-state index < -0.39 is 11.9 Å². The van der Waals surface area contributed by atoms with Crippen molar-refractivity contribution in [1.29, 1.82) is 0 Å². The number of carbonyl (C=O) groups is 3. The number of likely N-dealkylation sites (tertiary alicyclic amines) is 1. The van der Waals surface area contributed by atoms with Crippen molar-refractivity contribution >= 4 is 17.8 Å². The van der Waals surface area contributed by atoms with Gasteiger partial charge in [-0.05, 0) is 38.2 Å². The van der Waals surface area contributed by atoms with Crippen LogP contribution in [0.3, 0.4) is 0 Å². The molecule has 0 unspecified atom stereocenters. The number of H-pyrrole nitrogens is 1. The number of nitrogens with zero attached hydrogens (tertiary/aromatic N) is 3. The highest BCUT2D eigenvalue weighted by Gasteiger charge is 2.32. The summed E-state index contributed by atoms with van der Waals surface area (Å²) in [4.78, 5) is 35.4. The molecule has 11 heteroatoms. The number of ether oxygens (including phenoxy) is 1. The average molecular weight is 498 g/mol. The molecule has 5 N–H and O–H groups in total. The summed E-state index contributed by atoms with van der Waals surface area (Å²) >= 11 is 0. The molecule has 3 rings (SSSR count). The standard InChI is InChI=1S/C20H35N5O2.2C2H4O2/c1-3-4-17-11-18(23-22-17)14-24(2)20(26)15-5-6-16(21)13-25(12-15)19-7-9-27-10-8-19;2*1-2(3)4/h11,15-16,19H,3-10,12-14,21H2,1-2H3,(H,22,23);2*1H3,(H,3,4)/t15-,16+;;/m1../s1. The lowest BCUT2D eigenvalue weighted by atomic mass is 9.99. The van der Waals surface area contributed by atoms with Crippen LogP contribution in [0.2, 0.25) is 0 Å². The monoisotopic (exact) mass is 497 g/mol. The normalized spacial score (nSPS) is 20.9. The second-order valence-corrected chi connectivity index (χ2v) is 9.20. The van der Waals surface area contributed by atoms with Crippen LogP contribution in [-0.2, 0) is 32.1 Å². The number of carbonyl (C=O) groups excluding carboxylic acids is 1. The fourth-order valence-electron chi connectivity index (χ4n) is 4.33. The molecule has 0 spiro atoms. The maximum atomic E-state index is 13.1. The maximum absolute atomic E-state index is 13.1. The van der Waals surface area contributed by atoms with E-state index in [1.54, 1.807) is 0 Å². The third kappa shape index (κ3) is 12.7. The van der Waals surface area contributed by atoms with E-state index in [0.29, 0.717) is 12.6 Å². The molecular weight excluding hydrogens is 454 g/mol. The van der Waals surface area contributed by atoms with E-state index in [1.165, 1.54) is 0 Å². The first-order valence-electron chi connectivity index (χ1n) is 12.3. The van der Waals surface area contributed by atoms with Gasteiger partial charge < -0.3 is 25.6 Å². The van der Waals surface area contributed by atoms with Crippen molar-refractivity contribution in [1.82, 2.24) is 20.0 Å². The number of aromatic amines is 1. The minimum Gasteiger partial charge on any atom is -0.481 e. The second kappa shape index (κ2) is 16.2. The number of carboxylic acids is 2. The summed E-state index contributed by atoms with van der Waals surface area (Å²) in [5.74, 6) is -1.43. The van der Waals surface area contributed by atoms with Gasteiger partial charge in [0.15, 0.2) is 0 Å². The molecule has 0 aliphatic carbocycles. The molecule has 2 atom stereocenters. The van der Waals surface area contributed by atoms with Crippen LogP contribution in [0.15, 0.2) is 6.07 Å². The highest BCUT2D eigenvalue weighted by atomic mass is 16.5. The summed E-state index contributed by atoms with van der Waals surface area (Å²) in [5.41, 5.74) is 8.38. The second-order valence-electron chi connectivity index (χ2n) is 9.20. The molecule has 11 nitrogen and oxygen atoms in total. The van der Waals surface area contributed by atoms with Gasteiger partial charge in [-0.25, -0.2) is 0 Å². The van der Waals surface area contributed by atoms with Crippen molar-refractivity contribution in [3.8, 4) is 0 Å². The molecule has 35 heavy (non-hydrogen) atoms. The van der Waals surface area contributed by atoms with Crippen LogP contribution in [-0.4, -0.2) is 93.5 Å². The molecule has 0 bridgehead atoms. The van der Waals surface area contributed by atoms with Gasteiger partial charge in [0, 0.05) is 59.3 Å². The molecule has 1 amide bonds. The van der Waals surface area contributed by atoms with Crippen molar-refractivity contribution in [3.05, 3.63) is 17.5 Å². The predicted octanol–water partition coefficient (Wildman–Crippen LogP) is 1.72. The van der Waals surface area contributed by atoms with Gasteiger partial charge in [-0.2, -0.15) is 5.10 Å². The van der Waals surface area contributed by atoms with Crippen molar-refractivity contribution in [2.24, 2.45) is 11.7 Å². The summed E-state index contributed by atoms with van der Waals surface area (Å²) in [6.07, 6.45) is 5.90. The molecular formula is C24H43N5O6. The number of nitrogens with two attached hydrogens (primary N) is 1. The number of aliphatic carboxylic acids is 2. The topological polar surface area (TPSA) is 162 Å². The van der Waals surface area contributed by atoms with Gasteiger partial charge in [0.2, 0.25) is 5.91 Å². The van der Waals surface area contributed by atoms with Crippen LogP contribution in [0, 0.1) is 5.92 Å². The van der Waals surface area contributed by atoms with E-state index in [1.807, 2.05) is 11.9 Å². The molecule has 0 radical (unpaired) electrons. The Morgan fingerprint density at radius 3 is 2.31 bits per heavy atom. The van der Waals surface area contributed by atoms with Crippen LogP contribution in [0.4, 0.5) is 0 Å². The van der Waals surface area contributed by atoms with Crippen molar-refractivity contribution in [2.75, 3.05) is 33.4 Å². The number of amides is 1. The fraction of sp³-hybridized carbons (Fsp3) is 0.750. The minimum absolute atomic E-state index is 0.0180. The molecule has 0 saturated carbocycles. The van der Waals surface area contributed by atoms with Gasteiger partial charge in [0.05, 0.1) is 23.9 Å². The largest absolute Gasteiger partial charge is 0.481 e. The van der Waals surface area contributed by atoms with Gasteiger partial charge in [-0.15, -0.1) is 0 Å². The summed E-state index contributed by atoms with van der Waals surface area (Å²) in [6.45, 7) is 8.22. The Kier molecular flexibility index (Phi) is 14.2. The first kappa shape index (κ1) is 30.5. The summed E-state index contributed by atoms with van der Waals surface area (Å²) < 4.78 is 5.50. The molecule has 200 valence electrons. The van der Waals surface area contributed by atoms with E-state index >= 15 is 0 Å². The number of carboxylic acid groups (broad SMARTS) is 2. The molecule has 1 aromatic heterocycles. The summed E-state index contributed by atoms with van der Waals surface area (Å²) in [6, 6.07) is 2.72. The van der Waals surface area contributed by atoms with Gasteiger partial charge in [-0.3, -0.25) is 24.4 Å². The number of hydrogen-bond donors (Lipinski definition) is 4. The molecule has 1 aromatic rings. The molecule has 2 aliphatic heterocycles. The lowest BCUT2D eigenvalue weighted by Crippen LogP contribution is -2.47. The predicted molar refractivity (Wildman–Crippen MR) is 132 cm³/mol. The van der Waals surface area contributed by atoms with E-state index in [9.17, 15) is 4.79 Å². The zero-order valence-electron chi connectivity index (χ0n) is 21.5. The zero-order valence-corrected chi connectivity index (χ0v) is 21.5. The third-order valence-corrected chi connectivity index (χ3v) is 5.84. The molecule has 2 fully saturated rings.